The second-order valence-corrected chi connectivity index (χ2v) is 6.58. The molecular formula is C17H25F2NO2. The van der Waals surface area contributed by atoms with E-state index in [-0.39, 0.29) is 12.0 Å². The number of nitrogens with one attached hydrogen (secondary N) is 1. The smallest absolute Gasteiger partial charge is 0.407 e. The number of amides is 1. The van der Waals surface area contributed by atoms with Gasteiger partial charge in [0.05, 0.1) is 5.83 Å². The third-order valence-electron chi connectivity index (χ3n) is 3.17. The summed E-state index contributed by atoms with van der Waals surface area (Å²) in [4.78, 5) is 11.7. The standard InChI is InChI=1S/C17H25F2NO2/c1-12(18)10-14(19)7-5-6-13-8-9-15(11-13)20-16(21)22-17(2,3)4/h5-7,10,13,15H,8-9,11H2,1-4H3,(H,20,21)/b6-5+,12-10+,14-7+. The molecule has 1 aliphatic rings. The Labute approximate surface area is 131 Å². The van der Waals surface area contributed by atoms with Gasteiger partial charge in [0.15, 0.2) is 0 Å². The molecule has 0 aromatic rings. The summed E-state index contributed by atoms with van der Waals surface area (Å²) < 4.78 is 30.8. The van der Waals surface area contributed by atoms with Crippen molar-refractivity contribution in [1.82, 2.24) is 5.32 Å². The van der Waals surface area contributed by atoms with E-state index in [0.717, 1.165) is 25.3 Å². The molecule has 1 rings (SSSR count). The molecule has 1 fully saturated rings. The Morgan fingerprint density at radius 3 is 2.55 bits per heavy atom. The molecule has 2 unspecified atom stereocenters. The number of halogens is 2. The van der Waals surface area contributed by atoms with E-state index >= 15 is 0 Å². The molecule has 0 aromatic heterocycles. The van der Waals surface area contributed by atoms with Gasteiger partial charge in [-0.2, -0.15) is 0 Å². The Morgan fingerprint density at radius 2 is 1.95 bits per heavy atom. The first-order chi connectivity index (χ1) is 10.2. The highest BCUT2D eigenvalue weighted by Crippen LogP contribution is 2.27. The minimum atomic E-state index is -0.613. The van der Waals surface area contributed by atoms with E-state index in [1.807, 2.05) is 26.8 Å². The molecule has 1 N–H and O–H groups in total. The van der Waals surface area contributed by atoms with Crippen molar-refractivity contribution >= 4 is 6.09 Å². The fraction of sp³-hybridized carbons (Fsp3) is 0.588. The third-order valence-corrected chi connectivity index (χ3v) is 3.17. The lowest BCUT2D eigenvalue weighted by Crippen LogP contribution is -2.37. The molecule has 124 valence electrons. The number of rotatable bonds is 4. The SMILES string of the molecule is C\C(F)=C/C(F)=C\C=C\C1CCC(NC(=O)OC(C)(C)C)C1. The summed E-state index contributed by atoms with van der Waals surface area (Å²) in [6, 6.07) is 0.0753. The van der Waals surface area contributed by atoms with Crippen LogP contribution in [0.3, 0.4) is 0 Å². The number of carbonyl (C=O) groups excluding carboxylic acids is 1. The monoisotopic (exact) mass is 313 g/mol. The number of alkyl carbamates (subject to hydrolysis) is 1. The minimum Gasteiger partial charge on any atom is -0.444 e. The summed E-state index contributed by atoms with van der Waals surface area (Å²) in [6.45, 7) is 6.66. The highest BCUT2D eigenvalue weighted by atomic mass is 19.1. The summed E-state index contributed by atoms with van der Waals surface area (Å²) in [7, 11) is 0. The van der Waals surface area contributed by atoms with Gasteiger partial charge < -0.3 is 10.1 Å². The van der Waals surface area contributed by atoms with Gasteiger partial charge in [-0.3, -0.25) is 0 Å². The molecule has 2 atom stereocenters. The topological polar surface area (TPSA) is 38.3 Å². The van der Waals surface area contributed by atoms with Crippen molar-refractivity contribution in [1.29, 1.82) is 0 Å². The summed E-state index contributed by atoms with van der Waals surface area (Å²) in [6.07, 6.45) is 7.73. The number of allylic oxidation sites excluding steroid dienone is 6. The van der Waals surface area contributed by atoms with Crippen LogP contribution < -0.4 is 5.32 Å². The molecule has 0 aliphatic heterocycles. The van der Waals surface area contributed by atoms with Gasteiger partial charge in [-0.25, -0.2) is 13.6 Å². The Bertz CT molecular complexity index is 472. The van der Waals surface area contributed by atoms with Crippen molar-refractivity contribution in [2.24, 2.45) is 5.92 Å². The van der Waals surface area contributed by atoms with Crippen LogP contribution in [-0.4, -0.2) is 17.7 Å². The van der Waals surface area contributed by atoms with Crippen LogP contribution in [0, 0.1) is 5.92 Å². The minimum absolute atomic E-state index is 0.0753. The van der Waals surface area contributed by atoms with Crippen molar-refractivity contribution in [3.8, 4) is 0 Å². The van der Waals surface area contributed by atoms with Crippen LogP contribution in [0.25, 0.3) is 0 Å². The molecule has 5 heteroatoms. The zero-order valence-electron chi connectivity index (χ0n) is 13.7. The molecule has 0 saturated heterocycles. The van der Waals surface area contributed by atoms with E-state index in [4.69, 9.17) is 4.74 Å². The maximum Gasteiger partial charge on any atom is 0.407 e. The first-order valence-corrected chi connectivity index (χ1v) is 7.53. The molecule has 1 saturated carbocycles. The molecule has 0 bridgehead atoms. The van der Waals surface area contributed by atoms with Crippen LogP contribution in [0.2, 0.25) is 0 Å². The van der Waals surface area contributed by atoms with Gasteiger partial charge in [0, 0.05) is 12.1 Å². The number of hydrogen-bond acceptors (Lipinski definition) is 2. The second kappa shape index (κ2) is 8.11. The zero-order valence-corrected chi connectivity index (χ0v) is 13.7. The van der Waals surface area contributed by atoms with Crippen LogP contribution in [0.4, 0.5) is 13.6 Å². The second-order valence-electron chi connectivity index (χ2n) is 6.58. The van der Waals surface area contributed by atoms with Gasteiger partial charge in [-0.05, 0) is 59.0 Å². The van der Waals surface area contributed by atoms with Gasteiger partial charge in [0.2, 0.25) is 0 Å². The zero-order chi connectivity index (χ0) is 16.8. The maximum atomic E-state index is 13.2. The van der Waals surface area contributed by atoms with E-state index < -0.39 is 23.3 Å². The predicted octanol–water partition coefficient (Wildman–Crippen LogP) is 4.96. The average Bonchev–Trinajstić information content (AvgIpc) is 2.72. The molecule has 3 nitrogen and oxygen atoms in total. The van der Waals surface area contributed by atoms with Gasteiger partial charge in [-0.15, -0.1) is 0 Å². The van der Waals surface area contributed by atoms with E-state index in [0.29, 0.717) is 0 Å². The molecular weight excluding hydrogens is 288 g/mol. The highest BCUT2D eigenvalue weighted by Gasteiger charge is 2.26. The molecule has 0 spiro atoms. The highest BCUT2D eigenvalue weighted by molar-refractivity contribution is 5.68. The first kappa shape index (κ1) is 18.4. The van der Waals surface area contributed by atoms with Crippen molar-refractivity contribution < 1.29 is 18.3 Å². The average molecular weight is 313 g/mol. The van der Waals surface area contributed by atoms with Crippen LogP contribution in [0.15, 0.2) is 36.0 Å². The van der Waals surface area contributed by atoms with Gasteiger partial charge in [0.1, 0.15) is 11.4 Å². The predicted molar refractivity (Wildman–Crippen MR) is 83.7 cm³/mol. The summed E-state index contributed by atoms with van der Waals surface area (Å²) in [5, 5.41) is 2.85. The number of carbonyl (C=O) groups is 1. The van der Waals surface area contributed by atoms with E-state index in [1.165, 1.54) is 13.0 Å². The van der Waals surface area contributed by atoms with Crippen LogP contribution in [-0.2, 0) is 4.74 Å². The normalized spacial score (nSPS) is 23.9. The van der Waals surface area contributed by atoms with Crippen LogP contribution in [0.1, 0.15) is 47.0 Å². The van der Waals surface area contributed by atoms with Crippen molar-refractivity contribution in [2.75, 3.05) is 0 Å². The van der Waals surface area contributed by atoms with Crippen LogP contribution in [0.5, 0.6) is 0 Å². The summed E-state index contributed by atoms with van der Waals surface area (Å²) >= 11 is 0. The van der Waals surface area contributed by atoms with Gasteiger partial charge in [0.25, 0.3) is 0 Å². The van der Waals surface area contributed by atoms with E-state index in [1.54, 1.807) is 6.08 Å². The largest absolute Gasteiger partial charge is 0.444 e. The lowest BCUT2D eigenvalue weighted by atomic mass is 10.1. The number of ether oxygens (including phenoxy) is 1. The molecule has 22 heavy (non-hydrogen) atoms. The summed E-state index contributed by atoms with van der Waals surface area (Å²) in [5.74, 6) is -0.901. The Kier molecular flexibility index (Phi) is 6.78. The van der Waals surface area contributed by atoms with E-state index in [2.05, 4.69) is 5.32 Å². The lowest BCUT2D eigenvalue weighted by Gasteiger charge is -2.21. The van der Waals surface area contributed by atoms with Crippen molar-refractivity contribution in [3.63, 3.8) is 0 Å². The molecule has 0 aromatic carbocycles. The summed E-state index contributed by atoms with van der Waals surface area (Å²) in [5.41, 5.74) is -0.508. The van der Waals surface area contributed by atoms with Gasteiger partial charge in [-0.1, -0.05) is 12.2 Å². The molecule has 0 radical (unpaired) electrons. The Balaban J connectivity index is 2.40. The molecule has 0 heterocycles. The quantitative estimate of drug-likeness (QED) is 0.745. The fourth-order valence-electron chi connectivity index (χ4n) is 2.34. The molecule has 1 amide bonds. The number of hydrogen-bond donors (Lipinski definition) is 1. The Hall–Kier alpha value is -1.65. The van der Waals surface area contributed by atoms with Crippen LogP contribution >= 0.6 is 0 Å². The fourth-order valence-corrected chi connectivity index (χ4v) is 2.34. The third kappa shape index (κ3) is 7.96. The lowest BCUT2D eigenvalue weighted by molar-refractivity contribution is 0.0505. The first-order valence-electron chi connectivity index (χ1n) is 7.53. The molecule has 1 aliphatic carbocycles. The van der Waals surface area contributed by atoms with Crippen molar-refractivity contribution in [3.05, 3.63) is 36.0 Å². The Morgan fingerprint density at radius 1 is 1.27 bits per heavy atom. The van der Waals surface area contributed by atoms with E-state index in [9.17, 15) is 13.6 Å². The maximum absolute atomic E-state index is 13.2. The van der Waals surface area contributed by atoms with Crippen molar-refractivity contribution in [2.45, 2.75) is 58.6 Å². The van der Waals surface area contributed by atoms with Gasteiger partial charge >= 0.3 is 6.09 Å².